The van der Waals surface area contributed by atoms with Crippen molar-refractivity contribution in [2.45, 2.75) is 45.7 Å². The van der Waals surface area contributed by atoms with Gasteiger partial charge < -0.3 is 11.1 Å². The highest BCUT2D eigenvalue weighted by atomic mass is 19.2. The van der Waals surface area contributed by atoms with E-state index in [2.05, 4.69) is 17.2 Å². The maximum atomic E-state index is 13.6. The summed E-state index contributed by atoms with van der Waals surface area (Å²) in [5.74, 6) is -2.17. The zero-order valence-corrected chi connectivity index (χ0v) is 18.2. The van der Waals surface area contributed by atoms with Gasteiger partial charge in [-0.25, -0.2) is 13.8 Å². The molecule has 0 saturated carbocycles. The molecule has 166 valence electrons. The highest BCUT2D eigenvalue weighted by molar-refractivity contribution is 6.09. The van der Waals surface area contributed by atoms with Crippen molar-refractivity contribution in [2.75, 3.05) is 5.73 Å². The van der Waals surface area contributed by atoms with Crippen molar-refractivity contribution in [3.8, 4) is 0 Å². The van der Waals surface area contributed by atoms with Crippen molar-refractivity contribution in [3.63, 3.8) is 0 Å². The van der Waals surface area contributed by atoms with Gasteiger partial charge in [0.25, 0.3) is 5.91 Å². The summed E-state index contributed by atoms with van der Waals surface area (Å²) in [6, 6.07) is 10.8. The number of amides is 1. The van der Waals surface area contributed by atoms with Crippen molar-refractivity contribution in [1.29, 1.82) is 0 Å². The summed E-state index contributed by atoms with van der Waals surface area (Å²) in [6.45, 7) is 6.51. The van der Waals surface area contributed by atoms with Crippen molar-refractivity contribution in [2.24, 2.45) is 0 Å². The Morgan fingerprint density at radius 3 is 2.62 bits per heavy atom. The molecule has 0 aliphatic rings. The van der Waals surface area contributed by atoms with Gasteiger partial charge in [-0.1, -0.05) is 25.1 Å². The fraction of sp³-hybridized carbons (Fsp3) is 0.292. The molecule has 0 aliphatic heterocycles. The van der Waals surface area contributed by atoms with E-state index in [4.69, 9.17) is 10.8 Å². The summed E-state index contributed by atoms with van der Waals surface area (Å²) in [6.07, 6.45) is 1.32. The molecule has 0 saturated heterocycles. The third-order valence-corrected chi connectivity index (χ3v) is 5.39. The van der Waals surface area contributed by atoms with Crippen LogP contribution in [0.4, 0.5) is 14.6 Å². The van der Waals surface area contributed by atoms with E-state index in [1.165, 1.54) is 6.07 Å². The van der Waals surface area contributed by atoms with E-state index in [1.54, 1.807) is 0 Å². The van der Waals surface area contributed by atoms with Gasteiger partial charge in [0.2, 0.25) is 0 Å². The molecule has 1 amide bonds. The van der Waals surface area contributed by atoms with Crippen LogP contribution in [-0.2, 0) is 13.0 Å². The van der Waals surface area contributed by atoms with Crippen LogP contribution in [0.15, 0.2) is 42.5 Å². The van der Waals surface area contributed by atoms with Gasteiger partial charge >= 0.3 is 0 Å². The predicted octanol–water partition coefficient (Wildman–Crippen LogP) is 4.61. The highest BCUT2D eigenvalue weighted by Gasteiger charge is 2.27. The lowest BCUT2D eigenvalue weighted by molar-refractivity contribution is 0.0911. The summed E-state index contributed by atoms with van der Waals surface area (Å²) < 4.78 is 28.8. The molecule has 32 heavy (non-hydrogen) atoms. The number of nitrogen functional groups attached to an aromatic ring is 1. The number of anilines is 1. The number of rotatable bonds is 6. The maximum Gasteiger partial charge on any atom is 0.251 e. The van der Waals surface area contributed by atoms with Crippen molar-refractivity contribution in [3.05, 3.63) is 65.4 Å². The number of nitrogens with one attached hydrogen (secondary N) is 1. The summed E-state index contributed by atoms with van der Waals surface area (Å²) in [4.78, 5) is 17.2. The zero-order valence-electron chi connectivity index (χ0n) is 18.2. The van der Waals surface area contributed by atoms with Crippen molar-refractivity contribution < 1.29 is 13.6 Å². The van der Waals surface area contributed by atoms with Crippen LogP contribution in [0.1, 0.15) is 43.2 Å². The monoisotopic (exact) mass is 437 g/mol. The van der Waals surface area contributed by atoms with E-state index in [0.717, 1.165) is 40.5 Å². The van der Waals surface area contributed by atoms with Gasteiger partial charge in [-0.15, -0.1) is 0 Å². The summed E-state index contributed by atoms with van der Waals surface area (Å²) >= 11 is 0. The first-order chi connectivity index (χ1) is 15.2. The number of halogens is 2. The molecule has 2 aromatic carbocycles. The number of benzene rings is 2. The number of pyridine rings is 1. The molecule has 0 fully saturated rings. The van der Waals surface area contributed by atoms with Crippen LogP contribution in [0.5, 0.6) is 0 Å². The fourth-order valence-corrected chi connectivity index (χ4v) is 3.98. The Morgan fingerprint density at radius 2 is 1.91 bits per heavy atom. The topological polar surface area (TPSA) is 85.8 Å². The Bertz CT molecular complexity index is 1330. The SMILES string of the molecule is CCCn1nc2c(N)nc3ccccc3c2c1CC(C)(C)NC(=O)c1ccc(F)c(F)c1. The van der Waals surface area contributed by atoms with E-state index < -0.39 is 23.1 Å². The largest absolute Gasteiger partial charge is 0.382 e. The Balaban J connectivity index is 1.75. The fourth-order valence-electron chi connectivity index (χ4n) is 3.98. The second kappa shape index (κ2) is 8.18. The van der Waals surface area contributed by atoms with Crippen LogP contribution < -0.4 is 11.1 Å². The molecule has 0 spiro atoms. The highest BCUT2D eigenvalue weighted by Crippen LogP contribution is 2.32. The van der Waals surface area contributed by atoms with Gasteiger partial charge in [0, 0.05) is 40.5 Å². The molecule has 2 aromatic heterocycles. The van der Waals surface area contributed by atoms with E-state index >= 15 is 0 Å². The molecule has 2 heterocycles. The van der Waals surface area contributed by atoms with Crippen LogP contribution in [0.3, 0.4) is 0 Å². The normalized spacial score (nSPS) is 11.9. The molecule has 0 unspecified atom stereocenters. The number of aromatic nitrogens is 3. The minimum atomic E-state index is -1.06. The Kier molecular flexibility index (Phi) is 5.54. The molecule has 4 aromatic rings. The average molecular weight is 437 g/mol. The van der Waals surface area contributed by atoms with Crippen molar-refractivity contribution in [1.82, 2.24) is 20.1 Å². The number of nitrogens with two attached hydrogens (primary N) is 1. The van der Waals surface area contributed by atoms with E-state index in [9.17, 15) is 13.6 Å². The minimum Gasteiger partial charge on any atom is -0.382 e. The van der Waals surface area contributed by atoms with E-state index in [-0.39, 0.29) is 5.56 Å². The molecule has 4 rings (SSSR count). The lowest BCUT2D eigenvalue weighted by atomic mass is 9.94. The standard InChI is InChI=1S/C24H25F2N5O/c1-4-11-31-19(20-15-7-5-6-8-18(15)28-22(27)21(20)30-31)13-24(2,3)29-23(32)14-9-10-16(25)17(26)12-14/h5-10,12H,4,11,13H2,1-3H3,(H2,27,28)(H,29,32). The number of fused-ring (bicyclic) bond motifs is 3. The summed E-state index contributed by atoms with van der Waals surface area (Å²) in [5.41, 5.74) is 7.92. The van der Waals surface area contributed by atoms with Crippen LogP contribution >= 0.6 is 0 Å². The Labute approximate surface area is 184 Å². The van der Waals surface area contributed by atoms with Crippen LogP contribution in [0.25, 0.3) is 21.8 Å². The number of aryl methyl sites for hydroxylation is 1. The predicted molar refractivity (Wildman–Crippen MR) is 121 cm³/mol. The first-order valence-electron chi connectivity index (χ1n) is 10.5. The Hall–Kier alpha value is -3.55. The van der Waals surface area contributed by atoms with Gasteiger partial charge in [-0.3, -0.25) is 9.48 Å². The second-order valence-electron chi connectivity index (χ2n) is 8.55. The lowest BCUT2D eigenvalue weighted by Gasteiger charge is -2.27. The first kappa shape index (κ1) is 21.7. The van der Waals surface area contributed by atoms with E-state index in [1.807, 2.05) is 42.8 Å². The lowest BCUT2D eigenvalue weighted by Crippen LogP contribution is -2.45. The molecule has 0 aliphatic carbocycles. The quantitative estimate of drug-likeness (QED) is 0.461. The zero-order chi connectivity index (χ0) is 23.0. The van der Waals surface area contributed by atoms with Gasteiger partial charge in [0.05, 0.1) is 5.52 Å². The third kappa shape index (κ3) is 4.00. The molecular formula is C24H25F2N5O. The van der Waals surface area contributed by atoms with Gasteiger partial charge in [-0.05, 0) is 44.5 Å². The van der Waals surface area contributed by atoms with Crippen LogP contribution in [0, 0.1) is 11.6 Å². The molecule has 0 radical (unpaired) electrons. The van der Waals surface area contributed by atoms with Gasteiger partial charge in [-0.2, -0.15) is 5.10 Å². The molecule has 0 atom stereocenters. The van der Waals surface area contributed by atoms with E-state index in [0.29, 0.717) is 24.3 Å². The molecule has 6 nitrogen and oxygen atoms in total. The molecule has 3 N–H and O–H groups in total. The number of hydrogen-bond donors (Lipinski definition) is 2. The van der Waals surface area contributed by atoms with Gasteiger partial charge in [0.15, 0.2) is 17.5 Å². The third-order valence-electron chi connectivity index (χ3n) is 5.39. The first-order valence-corrected chi connectivity index (χ1v) is 10.5. The summed E-state index contributed by atoms with van der Waals surface area (Å²) in [7, 11) is 0. The molecular weight excluding hydrogens is 412 g/mol. The van der Waals surface area contributed by atoms with Crippen LogP contribution in [0.2, 0.25) is 0 Å². The number of hydrogen-bond acceptors (Lipinski definition) is 4. The Morgan fingerprint density at radius 1 is 1.16 bits per heavy atom. The number of carbonyl (C=O) groups is 1. The minimum absolute atomic E-state index is 0.0581. The number of nitrogens with zero attached hydrogens (tertiary/aromatic N) is 3. The number of para-hydroxylation sites is 1. The van der Waals surface area contributed by atoms with Crippen LogP contribution in [-0.4, -0.2) is 26.2 Å². The molecule has 0 bridgehead atoms. The van der Waals surface area contributed by atoms with Crippen molar-refractivity contribution >= 4 is 33.5 Å². The summed E-state index contributed by atoms with van der Waals surface area (Å²) in [5, 5.41) is 9.51. The second-order valence-corrected chi connectivity index (χ2v) is 8.55. The molecule has 8 heteroatoms. The van der Waals surface area contributed by atoms with Gasteiger partial charge in [0.1, 0.15) is 5.52 Å². The smallest absolute Gasteiger partial charge is 0.251 e. The average Bonchev–Trinajstić information content (AvgIpc) is 3.08. The number of carbonyl (C=O) groups excluding carboxylic acids is 1. The maximum absolute atomic E-state index is 13.6.